The molecule has 5 nitrogen and oxygen atoms in total. The molecule has 1 unspecified atom stereocenters. The van der Waals surface area contributed by atoms with E-state index in [9.17, 15) is 14.0 Å². The molecule has 1 aliphatic heterocycles. The van der Waals surface area contributed by atoms with Crippen molar-refractivity contribution < 1.29 is 9.18 Å². The van der Waals surface area contributed by atoms with Crippen molar-refractivity contribution in [3.63, 3.8) is 0 Å². The van der Waals surface area contributed by atoms with Crippen LogP contribution in [0.4, 0.5) is 10.1 Å². The standard InChI is InChI=1S/C27H19ClFN3O2S/c1-16-23(25(33)31-21-5-3-2-4-6-21)24(18-9-13-20(29)14-10-18)32-26(34)22(35-27(32)30-16)15-17-7-11-19(28)12-8-17/h2-15,24H,1H3,(H,31,33)/b22-15+. The van der Waals surface area contributed by atoms with Crippen molar-refractivity contribution in [3.8, 4) is 0 Å². The number of hydrogen-bond donors (Lipinski definition) is 1. The Hall–Kier alpha value is -3.81. The van der Waals surface area contributed by atoms with Crippen molar-refractivity contribution >= 4 is 40.6 Å². The van der Waals surface area contributed by atoms with Gasteiger partial charge in [-0.05, 0) is 60.5 Å². The minimum Gasteiger partial charge on any atom is -0.322 e. The number of allylic oxidation sites excluding steroid dienone is 1. The Morgan fingerprint density at radius 2 is 1.74 bits per heavy atom. The summed E-state index contributed by atoms with van der Waals surface area (Å²) < 4.78 is 15.7. The van der Waals surface area contributed by atoms with E-state index in [2.05, 4.69) is 10.3 Å². The van der Waals surface area contributed by atoms with Gasteiger partial charge >= 0.3 is 0 Å². The lowest BCUT2D eigenvalue weighted by molar-refractivity contribution is -0.113. The third-order valence-electron chi connectivity index (χ3n) is 5.65. The first-order valence-corrected chi connectivity index (χ1v) is 12.0. The third kappa shape index (κ3) is 4.60. The molecule has 35 heavy (non-hydrogen) atoms. The molecule has 1 aliphatic rings. The number of thiazole rings is 1. The zero-order valence-electron chi connectivity index (χ0n) is 18.5. The Morgan fingerprint density at radius 1 is 1.06 bits per heavy atom. The number of nitrogens with zero attached hydrogens (tertiary/aromatic N) is 2. The van der Waals surface area contributed by atoms with Crippen molar-refractivity contribution in [3.05, 3.63) is 132 Å². The number of hydrogen-bond acceptors (Lipinski definition) is 4. The largest absolute Gasteiger partial charge is 0.322 e. The Labute approximate surface area is 209 Å². The van der Waals surface area contributed by atoms with Crippen LogP contribution in [0.1, 0.15) is 24.1 Å². The second-order valence-corrected chi connectivity index (χ2v) is 9.45. The average Bonchev–Trinajstić information content (AvgIpc) is 3.15. The molecule has 0 fully saturated rings. The number of anilines is 1. The van der Waals surface area contributed by atoms with Crippen LogP contribution < -0.4 is 20.2 Å². The summed E-state index contributed by atoms with van der Waals surface area (Å²) in [5.74, 6) is -0.779. The molecule has 2 heterocycles. The number of amides is 1. The molecule has 0 spiro atoms. The van der Waals surface area contributed by atoms with Gasteiger partial charge in [0.15, 0.2) is 4.80 Å². The Balaban J connectivity index is 1.67. The highest BCUT2D eigenvalue weighted by Crippen LogP contribution is 2.31. The minimum atomic E-state index is -0.761. The van der Waals surface area contributed by atoms with Gasteiger partial charge in [0.1, 0.15) is 5.82 Å². The number of halogens is 2. The van der Waals surface area contributed by atoms with E-state index in [1.807, 2.05) is 30.3 Å². The fraction of sp³-hybridized carbons (Fsp3) is 0.0741. The number of nitrogens with one attached hydrogen (secondary N) is 1. The van der Waals surface area contributed by atoms with Gasteiger partial charge in [0.25, 0.3) is 11.5 Å². The molecule has 1 amide bonds. The lowest BCUT2D eigenvalue weighted by Gasteiger charge is -2.25. The molecular weight excluding hydrogens is 485 g/mol. The number of fused-ring (bicyclic) bond motifs is 1. The Morgan fingerprint density at radius 3 is 2.43 bits per heavy atom. The van der Waals surface area contributed by atoms with Gasteiger partial charge in [-0.1, -0.05) is 65.4 Å². The molecule has 1 atom stereocenters. The second kappa shape index (κ2) is 9.44. The lowest BCUT2D eigenvalue weighted by Crippen LogP contribution is -2.40. The summed E-state index contributed by atoms with van der Waals surface area (Å²) in [6.45, 7) is 1.74. The molecule has 4 aromatic rings. The molecule has 0 aliphatic carbocycles. The van der Waals surface area contributed by atoms with Gasteiger partial charge in [0, 0.05) is 10.7 Å². The first kappa shape index (κ1) is 23.0. The van der Waals surface area contributed by atoms with Gasteiger partial charge in [-0.2, -0.15) is 0 Å². The molecule has 1 N–H and O–H groups in total. The van der Waals surface area contributed by atoms with Gasteiger partial charge in [-0.25, -0.2) is 9.38 Å². The Kier molecular flexibility index (Phi) is 6.19. The predicted octanol–water partition coefficient (Wildman–Crippen LogP) is 4.67. The van der Waals surface area contributed by atoms with Gasteiger partial charge in [-0.15, -0.1) is 0 Å². The highest BCUT2D eigenvalue weighted by atomic mass is 35.5. The smallest absolute Gasteiger partial charge is 0.271 e. The van der Waals surface area contributed by atoms with E-state index >= 15 is 0 Å². The van der Waals surface area contributed by atoms with Gasteiger partial charge in [0.05, 0.1) is 21.8 Å². The van der Waals surface area contributed by atoms with Gasteiger partial charge in [-0.3, -0.25) is 14.2 Å². The quantitative estimate of drug-likeness (QED) is 0.440. The van der Waals surface area contributed by atoms with Crippen molar-refractivity contribution in [2.24, 2.45) is 4.99 Å². The summed E-state index contributed by atoms with van der Waals surface area (Å²) in [4.78, 5) is 32.1. The fourth-order valence-electron chi connectivity index (χ4n) is 4.00. The topological polar surface area (TPSA) is 63.5 Å². The summed E-state index contributed by atoms with van der Waals surface area (Å²) in [5.41, 5.74) is 2.58. The van der Waals surface area contributed by atoms with Crippen molar-refractivity contribution in [2.45, 2.75) is 13.0 Å². The lowest BCUT2D eigenvalue weighted by atomic mass is 9.95. The molecule has 0 radical (unpaired) electrons. The highest BCUT2D eigenvalue weighted by molar-refractivity contribution is 7.07. The summed E-state index contributed by atoms with van der Waals surface area (Å²) in [7, 11) is 0. The molecule has 0 saturated heterocycles. The molecule has 5 rings (SSSR count). The maximum absolute atomic E-state index is 13.7. The summed E-state index contributed by atoms with van der Waals surface area (Å²) in [5, 5.41) is 3.49. The molecule has 3 aromatic carbocycles. The Bertz CT molecular complexity index is 1620. The van der Waals surface area contributed by atoms with Crippen LogP contribution in [0.25, 0.3) is 6.08 Å². The molecule has 174 valence electrons. The molecular formula is C27H19ClFN3O2S. The van der Waals surface area contributed by atoms with Crippen molar-refractivity contribution in [1.82, 2.24) is 4.57 Å². The van der Waals surface area contributed by atoms with Crippen LogP contribution in [-0.2, 0) is 4.79 Å². The summed E-state index contributed by atoms with van der Waals surface area (Å²) in [6, 6.07) is 21.3. The zero-order chi connectivity index (χ0) is 24.5. The normalized spacial score (nSPS) is 15.5. The summed E-state index contributed by atoms with van der Waals surface area (Å²) in [6.07, 6.45) is 1.77. The van der Waals surface area contributed by atoms with E-state index in [4.69, 9.17) is 11.6 Å². The van der Waals surface area contributed by atoms with Crippen molar-refractivity contribution in [2.75, 3.05) is 5.32 Å². The number of rotatable bonds is 4. The van der Waals surface area contributed by atoms with E-state index in [-0.39, 0.29) is 11.5 Å². The van der Waals surface area contributed by atoms with Crippen molar-refractivity contribution in [1.29, 1.82) is 0 Å². The van der Waals surface area contributed by atoms with Crippen LogP contribution in [0.5, 0.6) is 0 Å². The maximum Gasteiger partial charge on any atom is 0.271 e. The van der Waals surface area contributed by atoms with Crippen LogP contribution in [0, 0.1) is 5.82 Å². The molecule has 8 heteroatoms. The number of para-hydroxylation sites is 1. The number of aromatic nitrogens is 1. The van der Waals surface area contributed by atoms with Crippen LogP contribution >= 0.6 is 22.9 Å². The van der Waals surface area contributed by atoms with Gasteiger partial charge < -0.3 is 5.32 Å². The highest BCUT2D eigenvalue weighted by Gasteiger charge is 2.32. The van der Waals surface area contributed by atoms with E-state index in [1.165, 1.54) is 28.0 Å². The second-order valence-electron chi connectivity index (χ2n) is 8.01. The number of benzene rings is 3. The molecule has 0 bridgehead atoms. The van der Waals surface area contributed by atoms with Crippen LogP contribution in [-0.4, -0.2) is 10.5 Å². The first-order chi connectivity index (χ1) is 16.9. The molecule has 1 aromatic heterocycles. The van der Waals surface area contributed by atoms with Crippen LogP contribution in [0.3, 0.4) is 0 Å². The van der Waals surface area contributed by atoms with Crippen LogP contribution in [0.2, 0.25) is 5.02 Å². The van der Waals surface area contributed by atoms with Crippen LogP contribution in [0.15, 0.2) is 99.9 Å². The van der Waals surface area contributed by atoms with E-state index in [1.54, 1.807) is 49.4 Å². The first-order valence-electron chi connectivity index (χ1n) is 10.8. The van der Waals surface area contributed by atoms with E-state index < -0.39 is 11.9 Å². The SMILES string of the molecule is CC1=C(C(=O)Nc2ccccc2)C(c2ccc(F)cc2)n2c(s/c(=C/c3ccc(Cl)cc3)c2=O)=N1. The fourth-order valence-corrected chi connectivity index (χ4v) is 5.18. The zero-order valence-corrected chi connectivity index (χ0v) is 20.1. The number of carbonyl (C=O) groups is 1. The summed E-state index contributed by atoms with van der Waals surface area (Å²) >= 11 is 7.22. The monoisotopic (exact) mass is 503 g/mol. The maximum atomic E-state index is 13.7. The predicted molar refractivity (Wildman–Crippen MR) is 137 cm³/mol. The van der Waals surface area contributed by atoms with Gasteiger partial charge in [0.2, 0.25) is 0 Å². The molecule has 0 saturated carbocycles. The minimum absolute atomic E-state index is 0.282. The number of carbonyl (C=O) groups excluding carboxylic acids is 1. The van der Waals surface area contributed by atoms with E-state index in [0.29, 0.717) is 36.9 Å². The third-order valence-corrected chi connectivity index (χ3v) is 6.89. The van der Waals surface area contributed by atoms with E-state index in [0.717, 1.165) is 5.56 Å². The average molecular weight is 504 g/mol.